The van der Waals surface area contributed by atoms with E-state index in [2.05, 4.69) is 32.5 Å². The quantitative estimate of drug-likeness (QED) is 0.515. The number of hydrogen-bond acceptors (Lipinski definition) is 5. The number of benzene rings is 2. The molecule has 0 bridgehead atoms. The van der Waals surface area contributed by atoms with Crippen LogP contribution < -0.4 is 15.4 Å². The minimum Gasteiger partial charge on any atom is -0.359 e. The molecule has 1 aliphatic heterocycles. The zero-order chi connectivity index (χ0) is 21.8. The Morgan fingerprint density at radius 2 is 1.48 bits per heavy atom. The number of hydrogen-bond donors (Lipinski definition) is 3. The molecule has 0 saturated heterocycles. The van der Waals surface area contributed by atoms with Gasteiger partial charge in [-0.05, 0) is 48.7 Å². The van der Waals surface area contributed by atoms with Crippen molar-refractivity contribution in [2.45, 2.75) is 31.7 Å². The predicted octanol–water partition coefficient (Wildman–Crippen LogP) is 4.34. The molecule has 3 aromatic rings. The van der Waals surface area contributed by atoms with Crippen molar-refractivity contribution in [1.82, 2.24) is 15.6 Å². The summed E-state index contributed by atoms with van der Waals surface area (Å²) in [6, 6.07) is 21.5. The average molecular weight is 435 g/mol. The van der Waals surface area contributed by atoms with Crippen molar-refractivity contribution in [3.05, 3.63) is 95.8 Å². The van der Waals surface area contributed by atoms with Gasteiger partial charge in [-0.3, -0.25) is 9.71 Å². The van der Waals surface area contributed by atoms with E-state index < -0.39 is 15.3 Å². The van der Waals surface area contributed by atoms with Gasteiger partial charge in [0.05, 0.1) is 16.6 Å². The Morgan fingerprint density at radius 3 is 2.06 bits per heavy atom. The van der Waals surface area contributed by atoms with Gasteiger partial charge in [0, 0.05) is 23.6 Å². The third kappa shape index (κ3) is 4.56. The van der Waals surface area contributed by atoms with Gasteiger partial charge < -0.3 is 10.6 Å². The molecule has 1 aliphatic rings. The number of anilines is 1. The molecule has 0 spiro atoms. The van der Waals surface area contributed by atoms with Crippen molar-refractivity contribution in [2.75, 3.05) is 4.72 Å². The van der Waals surface area contributed by atoms with Crippen LogP contribution in [0.5, 0.6) is 0 Å². The number of sulfonamides is 1. The fourth-order valence-corrected chi connectivity index (χ4v) is 4.55. The van der Waals surface area contributed by atoms with E-state index in [4.69, 9.17) is 0 Å². The first-order valence-electron chi connectivity index (χ1n) is 10.3. The molecule has 0 aliphatic carbocycles. The van der Waals surface area contributed by atoms with Crippen LogP contribution in [0.25, 0.3) is 11.4 Å². The predicted molar refractivity (Wildman–Crippen MR) is 125 cm³/mol. The molecule has 31 heavy (non-hydrogen) atoms. The van der Waals surface area contributed by atoms with Gasteiger partial charge >= 0.3 is 0 Å². The van der Waals surface area contributed by atoms with Crippen LogP contribution in [0.3, 0.4) is 0 Å². The minimum atomic E-state index is -3.39. The summed E-state index contributed by atoms with van der Waals surface area (Å²) >= 11 is 0. The third-order valence-corrected chi connectivity index (χ3v) is 7.38. The largest absolute Gasteiger partial charge is 0.359 e. The minimum absolute atomic E-state index is 0.0667. The number of rotatable bonds is 7. The molecule has 2 aromatic carbocycles. The van der Waals surface area contributed by atoms with Gasteiger partial charge in [-0.25, -0.2) is 8.42 Å². The Labute approximate surface area is 183 Å². The molecule has 160 valence electrons. The molecule has 2 heterocycles. The summed E-state index contributed by atoms with van der Waals surface area (Å²) in [5.74, 6) is 0. The standard InChI is InChI=1S/C24H26N4O2S/c1-3-17(2)31(29,30)28-21-11-9-18(10-12-21)22-23(19-13-15-25-16-14-19)27-24(26-22)20-7-5-4-6-8-20/h4-17,24,26-28H,3H2,1-2H3. The van der Waals surface area contributed by atoms with Gasteiger partial charge in [-0.1, -0.05) is 49.4 Å². The molecule has 7 heteroatoms. The van der Waals surface area contributed by atoms with E-state index in [0.717, 1.165) is 28.1 Å². The van der Waals surface area contributed by atoms with Gasteiger partial charge in [0.1, 0.15) is 6.17 Å². The summed E-state index contributed by atoms with van der Waals surface area (Å²) in [7, 11) is -3.39. The Morgan fingerprint density at radius 1 is 0.903 bits per heavy atom. The average Bonchev–Trinajstić information content (AvgIpc) is 3.25. The molecule has 1 aromatic heterocycles. The van der Waals surface area contributed by atoms with Crippen molar-refractivity contribution in [2.24, 2.45) is 0 Å². The first-order chi connectivity index (χ1) is 15.0. The van der Waals surface area contributed by atoms with E-state index in [1.807, 2.05) is 49.4 Å². The molecule has 0 fully saturated rings. The van der Waals surface area contributed by atoms with Crippen LogP contribution in [0.1, 0.15) is 43.1 Å². The van der Waals surface area contributed by atoms with Crippen LogP contribution in [0.4, 0.5) is 5.69 Å². The van der Waals surface area contributed by atoms with Gasteiger partial charge in [0.15, 0.2) is 0 Å². The van der Waals surface area contributed by atoms with Crippen molar-refractivity contribution in [3.63, 3.8) is 0 Å². The summed E-state index contributed by atoms with van der Waals surface area (Å²) in [6.45, 7) is 3.57. The SMILES string of the molecule is CCC(C)S(=O)(=O)Nc1ccc(C2=C(c3ccncc3)NC(c3ccccc3)N2)cc1. The number of pyridine rings is 1. The maximum Gasteiger partial charge on any atom is 0.235 e. The van der Waals surface area contributed by atoms with E-state index in [1.54, 1.807) is 31.5 Å². The summed E-state index contributed by atoms with van der Waals surface area (Å²) in [6.07, 6.45) is 4.03. The molecule has 0 saturated carbocycles. The fourth-order valence-electron chi connectivity index (χ4n) is 3.44. The Hall–Kier alpha value is -3.32. The van der Waals surface area contributed by atoms with Crippen LogP contribution in [0, 0.1) is 0 Å². The van der Waals surface area contributed by atoms with Gasteiger partial charge in [0.25, 0.3) is 0 Å². The van der Waals surface area contributed by atoms with E-state index >= 15 is 0 Å². The Bertz CT molecular complexity index is 1160. The molecule has 0 radical (unpaired) electrons. The number of nitrogens with one attached hydrogen (secondary N) is 3. The Kier molecular flexibility index (Phi) is 5.95. The van der Waals surface area contributed by atoms with Gasteiger partial charge in [-0.2, -0.15) is 0 Å². The Balaban J connectivity index is 1.65. The highest BCUT2D eigenvalue weighted by molar-refractivity contribution is 7.93. The van der Waals surface area contributed by atoms with E-state index in [9.17, 15) is 8.42 Å². The summed E-state index contributed by atoms with van der Waals surface area (Å²) in [4.78, 5) is 4.12. The summed E-state index contributed by atoms with van der Waals surface area (Å²) in [5.41, 5.74) is 5.60. The lowest BCUT2D eigenvalue weighted by molar-refractivity contribution is 0.586. The van der Waals surface area contributed by atoms with Crippen LogP contribution >= 0.6 is 0 Å². The molecule has 2 atom stereocenters. The molecular formula is C24H26N4O2S. The van der Waals surface area contributed by atoms with Crippen LogP contribution in [-0.4, -0.2) is 18.7 Å². The monoisotopic (exact) mass is 434 g/mol. The van der Waals surface area contributed by atoms with E-state index in [0.29, 0.717) is 12.1 Å². The zero-order valence-electron chi connectivity index (χ0n) is 17.5. The smallest absolute Gasteiger partial charge is 0.235 e. The lowest BCUT2D eigenvalue weighted by Gasteiger charge is -2.15. The van der Waals surface area contributed by atoms with Crippen LogP contribution in [0.15, 0.2) is 79.1 Å². The van der Waals surface area contributed by atoms with E-state index in [-0.39, 0.29) is 6.17 Å². The summed E-state index contributed by atoms with van der Waals surface area (Å²) in [5, 5.41) is 6.71. The lowest BCUT2D eigenvalue weighted by Crippen LogP contribution is -2.24. The van der Waals surface area contributed by atoms with Crippen LogP contribution in [-0.2, 0) is 10.0 Å². The van der Waals surface area contributed by atoms with Crippen molar-refractivity contribution in [3.8, 4) is 0 Å². The van der Waals surface area contributed by atoms with Crippen LogP contribution in [0.2, 0.25) is 0 Å². The molecule has 6 nitrogen and oxygen atoms in total. The molecule has 0 amide bonds. The highest BCUT2D eigenvalue weighted by Gasteiger charge is 2.26. The first-order valence-corrected chi connectivity index (χ1v) is 11.9. The number of aromatic nitrogens is 1. The fraction of sp³-hybridized carbons (Fsp3) is 0.208. The van der Waals surface area contributed by atoms with Crippen molar-refractivity contribution < 1.29 is 8.42 Å². The van der Waals surface area contributed by atoms with Crippen molar-refractivity contribution >= 4 is 27.1 Å². The van der Waals surface area contributed by atoms with E-state index in [1.165, 1.54) is 0 Å². The molecule has 4 rings (SSSR count). The maximum absolute atomic E-state index is 12.4. The summed E-state index contributed by atoms with van der Waals surface area (Å²) < 4.78 is 27.4. The second-order valence-electron chi connectivity index (χ2n) is 7.56. The normalized spacial score (nSPS) is 17.0. The highest BCUT2D eigenvalue weighted by atomic mass is 32.2. The highest BCUT2D eigenvalue weighted by Crippen LogP contribution is 2.32. The third-order valence-electron chi connectivity index (χ3n) is 5.47. The number of nitrogens with zero attached hydrogens (tertiary/aromatic N) is 1. The topological polar surface area (TPSA) is 83.1 Å². The lowest BCUT2D eigenvalue weighted by atomic mass is 10.1. The molecule has 2 unspecified atom stereocenters. The second-order valence-corrected chi connectivity index (χ2v) is 9.66. The van der Waals surface area contributed by atoms with Gasteiger partial charge in [-0.15, -0.1) is 0 Å². The molecule has 3 N–H and O–H groups in total. The maximum atomic E-state index is 12.4. The second kappa shape index (κ2) is 8.81. The first kappa shape index (κ1) is 20.9. The zero-order valence-corrected chi connectivity index (χ0v) is 18.4. The van der Waals surface area contributed by atoms with Crippen molar-refractivity contribution in [1.29, 1.82) is 0 Å². The van der Waals surface area contributed by atoms with Gasteiger partial charge in [0.2, 0.25) is 10.0 Å². The molecular weight excluding hydrogens is 408 g/mol.